The van der Waals surface area contributed by atoms with Crippen molar-refractivity contribution in [2.75, 3.05) is 0 Å². The zero-order chi connectivity index (χ0) is 11.8. The normalized spacial score (nSPS) is 19.1. The maximum absolute atomic E-state index is 12.9. The maximum atomic E-state index is 12.9. The van der Waals surface area contributed by atoms with Crippen molar-refractivity contribution in [3.63, 3.8) is 0 Å². The highest BCUT2D eigenvalue weighted by atomic mass is 79.9. The van der Waals surface area contributed by atoms with Crippen molar-refractivity contribution in [1.82, 2.24) is 14.8 Å². The minimum Gasteiger partial charge on any atom is -0.248 e. The SMILES string of the molecule is Fc1ccc(C2CCCn3nc(Br)nc32)cc1. The van der Waals surface area contributed by atoms with E-state index in [2.05, 4.69) is 26.0 Å². The number of halogens is 2. The van der Waals surface area contributed by atoms with Gasteiger partial charge < -0.3 is 0 Å². The van der Waals surface area contributed by atoms with Crippen LogP contribution in [0.3, 0.4) is 0 Å². The highest BCUT2D eigenvalue weighted by molar-refractivity contribution is 9.10. The van der Waals surface area contributed by atoms with Crippen LogP contribution in [0.2, 0.25) is 0 Å². The van der Waals surface area contributed by atoms with Gasteiger partial charge in [0.1, 0.15) is 11.6 Å². The van der Waals surface area contributed by atoms with E-state index in [1.807, 2.05) is 16.8 Å². The third-order valence-electron chi connectivity index (χ3n) is 3.12. The standard InChI is InChI=1S/C12H11BrFN3/c13-12-15-11-10(2-1-7-17(11)16-12)8-3-5-9(14)6-4-8/h3-6,10H,1-2,7H2. The summed E-state index contributed by atoms with van der Waals surface area (Å²) in [4.78, 5) is 4.41. The van der Waals surface area contributed by atoms with Crippen molar-refractivity contribution in [2.24, 2.45) is 0 Å². The van der Waals surface area contributed by atoms with Crippen LogP contribution in [0.5, 0.6) is 0 Å². The van der Waals surface area contributed by atoms with Crippen molar-refractivity contribution in [2.45, 2.75) is 25.3 Å². The van der Waals surface area contributed by atoms with E-state index in [-0.39, 0.29) is 11.7 Å². The van der Waals surface area contributed by atoms with E-state index in [0.717, 1.165) is 30.8 Å². The first kappa shape index (κ1) is 10.9. The molecule has 2 heterocycles. The van der Waals surface area contributed by atoms with Crippen LogP contribution in [0.15, 0.2) is 29.0 Å². The van der Waals surface area contributed by atoms with Gasteiger partial charge in [-0.05, 0) is 46.5 Å². The molecule has 88 valence electrons. The summed E-state index contributed by atoms with van der Waals surface area (Å²) in [6.07, 6.45) is 2.11. The van der Waals surface area contributed by atoms with Gasteiger partial charge in [-0.2, -0.15) is 0 Å². The summed E-state index contributed by atoms with van der Waals surface area (Å²) in [5, 5.41) is 4.29. The molecular weight excluding hydrogens is 285 g/mol. The largest absolute Gasteiger partial charge is 0.248 e. The topological polar surface area (TPSA) is 30.7 Å². The summed E-state index contributed by atoms with van der Waals surface area (Å²) in [5.74, 6) is 0.991. The molecule has 1 aromatic heterocycles. The van der Waals surface area contributed by atoms with Gasteiger partial charge >= 0.3 is 0 Å². The van der Waals surface area contributed by atoms with Crippen LogP contribution in [-0.4, -0.2) is 14.8 Å². The zero-order valence-electron chi connectivity index (χ0n) is 9.11. The third kappa shape index (κ3) is 1.99. The molecule has 1 unspecified atom stereocenters. The Bertz CT molecular complexity index is 535. The van der Waals surface area contributed by atoms with Crippen molar-refractivity contribution in [3.8, 4) is 0 Å². The molecule has 0 radical (unpaired) electrons. The lowest BCUT2D eigenvalue weighted by molar-refractivity contribution is 0.445. The summed E-state index contributed by atoms with van der Waals surface area (Å²) in [6.45, 7) is 0.908. The first-order chi connectivity index (χ1) is 8.24. The fourth-order valence-corrected chi connectivity index (χ4v) is 2.71. The van der Waals surface area contributed by atoms with Crippen molar-refractivity contribution in [1.29, 1.82) is 0 Å². The number of aryl methyl sites for hydroxylation is 1. The van der Waals surface area contributed by atoms with Crippen LogP contribution in [0.4, 0.5) is 4.39 Å². The zero-order valence-corrected chi connectivity index (χ0v) is 10.7. The number of benzene rings is 1. The molecule has 1 aliphatic rings. The second-order valence-electron chi connectivity index (χ2n) is 4.21. The van der Waals surface area contributed by atoms with E-state index in [1.54, 1.807) is 0 Å². The Morgan fingerprint density at radius 3 is 2.82 bits per heavy atom. The highest BCUT2D eigenvalue weighted by Gasteiger charge is 2.25. The van der Waals surface area contributed by atoms with Crippen LogP contribution in [0.25, 0.3) is 0 Å². The van der Waals surface area contributed by atoms with Crippen LogP contribution in [-0.2, 0) is 6.54 Å². The van der Waals surface area contributed by atoms with E-state index in [0.29, 0.717) is 4.73 Å². The number of nitrogens with zero attached hydrogens (tertiary/aromatic N) is 3. The Labute approximate surface area is 107 Å². The van der Waals surface area contributed by atoms with Gasteiger partial charge in [-0.25, -0.2) is 14.1 Å². The maximum Gasteiger partial charge on any atom is 0.217 e. The first-order valence-electron chi connectivity index (χ1n) is 5.60. The lowest BCUT2D eigenvalue weighted by Crippen LogP contribution is -2.17. The van der Waals surface area contributed by atoms with Gasteiger partial charge in [0.25, 0.3) is 0 Å². The van der Waals surface area contributed by atoms with Gasteiger partial charge in [-0.3, -0.25) is 0 Å². The Kier molecular flexibility index (Phi) is 2.70. The first-order valence-corrected chi connectivity index (χ1v) is 6.39. The molecule has 0 fully saturated rings. The number of hydrogen-bond donors (Lipinski definition) is 0. The average molecular weight is 296 g/mol. The average Bonchev–Trinajstić information content (AvgIpc) is 2.70. The second-order valence-corrected chi connectivity index (χ2v) is 4.92. The molecule has 0 saturated heterocycles. The van der Waals surface area contributed by atoms with Crippen LogP contribution in [0, 0.1) is 5.82 Å². The molecule has 2 aromatic rings. The molecule has 1 aliphatic heterocycles. The fraction of sp³-hybridized carbons (Fsp3) is 0.333. The van der Waals surface area contributed by atoms with Gasteiger partial charge in [-0.1, -0.05) is 12.1 Å². The number of hydrogen-bond acceptors (Lipinski definition) is 2. The van der Waals surface area contributed by atoms with Crippen molar-refractivity contribution >= 4 is 15.9 Å². The molecule has 0 aliphatic carbocycles. The summed E-state index contributed by atoms with van der Waals surface area (Å²) >= 11 is 3.30. The second kappa shape index (κ2) is 4.22. The van der Waals surface area contributed by atoms with Gasteiger partial charge in [0, 0.05) is 12.5 Å². The van der Waals surface area contributed by atoms with Crippen molar-refractivity contribution in [3.05, 3.63) is 46.2 Å². The molecular formula is C12H11BrFN3. The summed E-state index contributed by atoms with van der Waals surface area (Å²) in [5.41, 5.74) is 1.10. The Morgan fingerprint density at radius 1 is 1.29 bits per heavy atom. The third-order valence-corrected chi connectivity index (χ3v) is 3.46. The van der Waals surface area contributed by atoms with Gasteiger partial charge in [0.15, 0.2) is 0 Å². The molecule has 3 nitrogen and oxygen atoms in total. The molecule has 5 heteroatoms. The number of fused-ring (bicyclic) bond motifs is 1. The lowest BCUT2D eigenvalue weighted by Gasteiger charge is -2.22. The molecule has 3 rings (SSSR count). The fourth-order valence-electron chi connectivity index (χ4n) is 2.33. The molecule has 0 N–H and O–H groups in total. The predicted octanol–water partition coefficient (Wildman–Crippen LogP) is 3.11. The van der Waals surface area contributed by atoms with Crippen LogP contribution < -0.4 is 0 Å². The molecule has 0 spiro atoms. The Hall–Kier alpha value is -1.23. The summed E-state index contributed by atoms with van der Waals surface area (Å²) in [6, 6.07) is 6.66. The molecule has 0 saturated carbocycles. The lowest BCUT2D eigenvalue weighted by atomic mass is 9.91. The smallest absolute Gasteiger partial charge is 0.217 e. The minimum atomic E-state index is -0.202. The van der Waals surface area contributed by atoms with E-state index < -0.39 is 0 Å². The molecule has 1 atom stereocenters. The van der Waals surface area contributed by atoms with E-state index in [1.165, 1.54) is 12.1 Å². The Morgan fingerprint density at radius 2 is 2.06 bits per heavy atom. The van der Waals surface area contributed by atoms with Gasteiger partial charge in [-0.15, -0.1) is 5.10 Å². The van der Waals surface area contributed by atoms with E-state index >= 15 is 0 Å². The predicted molar refractivity (Wildman–Crippen MR) is 65.2 cm³/mol. The quantitative estimate of drug-likeness (QED) is 0.809. The molecule has 17 heavy (non-hydrogen) atoms. The number of rotatable bonds is 1. The summed E-state index contributed by atoms with van der Waals surface area (Å²) in [7, 11) is 0. The summed E-state index contributed by atoms with van der Waals surface area (Å²) < 4.78 is 15.5. The number of aromatic nitrogens is 3. The minimum absolute atomic E-state index is 0.202. The van der Waals surface area contributed by atoms with Crippen LogP contribution in [0.1, 0.15) is 30.1 Å². The van der Waals surface area contributed by atoms with Crippen molar-refractivity contribution < 1.29 is 4.39 Å². The van der Waals surface area contributed by atoms with Gasteiger partial charge in [0.2, 0.25) is 4.73 Å². The Balaban J connectivity index is 2.02. The molecule has 1 aromatic carbocycles. The van der Waals surface area contributed by atoms with E-state index in [9.17, 15) is 4.39 Å². The van der Waals surface area contributed by atoms with Gasteiger partial charge in [0.05, 0.1) is 0 Å². The molecule has 0 amide bonds. The molecule has 0 bridgehead atoms. The van der Waals surface area contributed by atoms with E-state index in [4.69, 9.17) is 0 Å². The highest BCUT2D eigenvalue weighted by Crippen LogP contribution is 2.32. The monoisotopic (exact) mass is 295 g/mol. The van der Waals surface area contributed by atoms with Crippen LogP contribution >= 0.6 is 15.9 Å².